The maximum atomic E-state index is 12.8. The van der Waals surface area contributed by atoms with Gasteiger partial charge in [0.05, 0.1) is 39.9 Å². The van der Waals surface area contributed by atoms with Crippen molar-refractivity contribution >= 4 is 21.8 Å². The van der Waals surface area contributed by atoms with Gasteiger partial charge in [-0.1, -0.05) is 0 Å². The van der Waals surface area contributed by atoms with Crippen molar-refractivity contribution in [2.75, 3.05) is 20.3 Å². The van der Waals surface area contributed by atoms with E-state index < -0.39 is 17.4 Å². The molecule has 3 aromatic rings. The van der Waals surface area contributed by atoms with Crippen LogP contribution in [0.5, 0.6) is 11.5 Å². The number of fused-ring (bicyclic) bond motifs is 1. The predicted molar refractivity (Wildman–Crippen MR) is 104 cm³/mol. The van der Waals surface area contributed by atoms with Gasteiger partial charge in [-0.3, -0.25) is 9.19 Å². The Labute approximate surface area is 168 Å². The first-order valence-corrected chi connectivity index (χ1v) is 10.2. The number of H-pyrrole nitrogens is 1. The summed E-state index contributed by atoms with van der Waals surface area (Å²) in [5.41, 5.74) is 2.41. The van der Waals surface area contributed by atoms with Crippen molar-refractivity contribution in [2.45, 2.75) is 30.9 Å². The van der Waals surface area contributed by atoms with E-state index in [0.29, 0.717) is 35.7 Å². The van der Waals surface area contributed by atoms with Gasteiger partial charge in [0.25, 0.3) is 0 Å². The number of hydrogen-bond acceptors (Lipinski definition) is 6. The van der Waals surface area contributed by atoms with Crippen LogP contribution in [0.25, 0.3) is 11.0 Å². The van der Waals surface area contributed by atoms with Crippen molar-refractivity contribution < 1.29 is 27.2 Å². The van der Waals surface area contributed by atoms with Crippen LogP contribution in [0, 0.1) is 6.92 Å². The smallest absolute Gasteiger partial charge is 0.387 e. The first-order chi connectivity index (χ1) is 14.0. The van der Waals surface area contributed by atoms with Gasteiger partial charge in [0.15, 0.2) is 5.16 Å². The zero-order chi connectivity index (χ0) is 20.8. The van der Waals surface area contributed by atoms with E-state index in [4.69, 9.17) is 9.47 Å². The Balaban J connectivity index is 1.72. The van der Waals surface area contributed by atoms with E-state index in [1.807, 2.05) is 6.92 Å². The number of methoxy groups -OCH3 is 1. The maximum Gasteiger partial charge on any atom is 0.387 e. The molecule has 156 valence electrons. The van der Waals surface area contributed by atoms with Crippen molar-refractivity contribution in [3.8, 4) is 11.5 Å². The molecular weight excluding hydrogens is 404 g/mol. The molecule has 0 bridgehead atoms. The number of hydrogen-bond donors (Lipinski definition) is 1. The lowest BCUT2D eigenvalue weighted by Crippen LogP contribution is -2.06. The van der Waals surface area contributed by atoms with Gasteiger partial charge >= 0.3 is 6.61 Å². The number of pyridine rings is 1. The van der Waals surface area contributed by atoms with Crippen LogP contribution >= 0.6 is 0 Å². The summed E-state index contributed by atoms with van der Waals surface area (Å²) < 4.78 is 52.6. The molecule has 0 aliphatic carbocycles. The molecule has 7 nitrogen and oxygen atoms in total. The zero-order valence-electron chi connectivity index (χ0n) is 16.0. The number of rotatable bonds is 10. The van der Waals surface area contributed by atoms with Crippen LogP contribution in [0.15, 0.2) is 35.6 Å². The van der Waals surface area contributed by atoms with E-state index in [0.717, 1.165) is 12.0 Å². The number of alkyl halides is 2. The van der Waals surface area contributed by atoms with Gasteiger partial charge in [-0.05, 0) is 25.1 Å². The van der Waals surface area contributed by atoms with Gasteiger partial charge in [0.1, 0.15) is 11.5 Å². The average Bonchev–Trinajstić information content (AvgIpc) is 3.11. The Hall–Kier alpha value is -2.59. The van der Waals surface area contributed by atoms with Gasteiger partial charge in [0, 0.05) is 38.0 Å². The van der Waals surface area contributed by atoms with Crippen LogP contribution in [0.1, 0.15) is 17.7 Å². The molecule has 0 amide bonds. The maximum absolute atomic E-state index is 12.8. The van der Waals surface area contributed by atoms with E-state index in [-0.39, 0.29) is 16.7 Å². The largest absolute Gasteiger partial charge is 0.493 e. The Morgan fingerprint density at radius 3 is 2.83 bits per heavy atom. The number of halogens is 2. The summed E-state index contributed by atoms with van der Waals surface area (Å²) in [6.07, 6.45) is 2.37. The summed E-state index contributed by atoms with van der Waals surface area (Å²) in [7, 11) is 0.129. The molecule has 1 atom stereocenters. The standard InChI is InChI=1S/C19H21F2N3O4S/c1-12-16(22-7-6-17(12)27-9-3-8-26-2)11-29(25)19-23-14-5-4-13(28-18(20)21)10-15(14)24-19/h4-7,10,18H,3,8-9,11H2,1-2H3,(H,23,24)/t29-/m0/s1. The molecule has 2 aromatic heterocycles. The van der Waals surface area contributed by atoms with E-state index in [1.165, 1.54) is 18.2 Å². The first kappa shape index (κ1) is 21.1. The highest BCUT2D eigenvalue weighted by molar-refractivity contribution is 7.84. The van der Waals surface area contributed by atoms with Crippen molar-refractivity contribution in [1.29, 1.82) is 0 Å². The van der Waals surface area contributed by atoms with Gasteiger partial charge in [-0.25, -0.2) is 4.98 Å². The molecule has 0 aliphatic heterocycles. The summed E-state index contributed by atoms with van der Waals surface area (Å²) in [6.45, 7) is 0.0601. The third kappa shape index (κ3) is 5.48. The number of nitrogens with one attached hydrogen (secondary N) is 1. The Morgan fingerprint density at radius 1 is 1.24 bits per heavy atom. The SMILES string of the molecule is COCCCOc1ccnc(C[S@](=O)c2nc3ccc(OC(F)F)cc3[nH]2)c1C. The molecule has 0 radical (unpaired) electrons. The number of nitrogens with zero attached hydrogens (tertiary/aromatic N) is 2. The highest BCUT2D eigenvalue weighted by Gasteiger charge is 2.16. The molecule has 0 spiro atoms. The van der Waals surface area contributed by atoms with E-state index in [2.05, 4.69) is 19.7 Å². The fraction of sp³-hybridized carbons (Fsp3) is 0.368. The van der Waals surface area contributed by atoms with Crippen LogP contribution in [-0.2, 0) is 21.3 Å². The highest BCUT2D eigenvalue weighted by Crippen LogP contribution is 2.24. The summed E-state index contributed by atoms with van der Waals surface area (Å²) in [5, 5.41) is 0.238. The lowest BCUT2D eigenvalue weighted by molar-refractivity contribution is -0.0497. The van der Waals surface area contributed by atoms with Crippen molar-refractivity contribution in [1.82, 2.24) is 15.0 Å². The summed E-state index contributed by atoms with van der Waals surface area (Å²) >= 11 is 0. The van der Waals surface area contributed by atoms with Crippen LogP contribution in [-0.4, -0.2) is 46.1 Å². The van der Waals surface area contributed by atoms with E-state index in [9.17, 15) is 13.0 Å². The highest BCUT2D eigenvalue weighted by atomic mass is 32.2. The number of ether oxygens (including phenoxy) is 3. The van der Waals surface area contributed by atoms with Crippen LogP contribution < -0.4 is 9.47 Å². The lowest BCUT2D eigenvalue weighted by Gasteiger charge is -2.11. The fourth-order valence-corrected chi connectivity index (χ4v) is 3.79. The van der Waals surface area contributed by atoms with Crippen molar-refractivity contribution in [3.63, 3.8) is 0 Å². The van der Waals surface area contributed by atoms with Crippen LogP contribution in [0.2, 0.25) is 0 Å². The summed E-state index contributed by atoms with van der Waals surface area (Å²) in [4.78, 5) is 11.5. The molecular formula is C19H21F2N3O4S. The monoisotopic (exact) mass is 425 g/mol. The summed E-state index contributed by atoms with van der Waals surface area (Å²) in [6, 6.07) is 6.08. The number of benzene rings is 1. The molecule has 10 heteroatoms. The topological polar surface area (TPSA) is 86.3 Å². The van der Waals surface area contributed by atoms with E-state index >= 15 is 0 Å². The molecule has 0 fully saturated rings. The molecule has 3 rings (SSSR count). The molecule has 0 saturated carbocycles. The second-order valence-electron chi connectivity index (χ2n) is 6.16. The van der Waals surface area contributed by atoms with Crippen LogP contribution in [0.3, 0.4) is 0 Å². The third-order valence-electron chi connectivity index (χ3n) is 4.15. The van der Waals surface area contributed by atoms with Gasteiger partial charge in [-0.2, -0.15) is 8.78 Å². The number of imidazole rings is 1. The molecule has 1 N–H and O–H groups in total. The first-order valence-electron chi connectivity index (χ1n) is 8.87. The Kier molecular flexibility index (Phi) is 7.10. The summed E-state index contributed by atoms with van der Waals surface area (Å²) in [5.74, 6) is 0.826. The lowest BCUT2D eigenvalue weighted by atomic mass is 10.2. The minimum atomic E-state index is -2.91. The molecule has 0 aliphatic rings. The second kappa shape index (κ2) is 9.75. The van der Waals surface area contributed by atoms with E-state index in [1.54, 1.807) is 19.4 Å². The third-order valence-corrected chi connectivity index (χ3v) is 5.31. The number of aromatic nitrogens is 3. The minimum absolute atomic E-state index is 0.00400. The predicted octanol–water partition coefficient (Wildman–Crippen LogP) is 3.59. The Morgan fingerprint density at radius 2 is 2.07 bits per heavy atom. The van der Waals surface area contributed by atoms with Gasteiger partial charge < -0.3 is 19.2 Å². The molecule has 29 heavy (non-hydrogen) atoms. The number of aromatic amines is 1. The fourth-order valence-electron chi connectivity index (χ4n) is 2.69. The minimum Gasteiger partial charge on any atom is -0.493 e. The quantitative estimate of drug-likeness (QED) is 0.500. The average molecular weight is 425 g/mol. The van der Waals surface area contributed by atoms with Crippen molar-refractivity contribution in [3.05, 3.63) is 41.7 Å². The molecule has 0 unspecified atom stereocenters. The van der Waals surface area contributed by atoms with Gasteiger partial charge in [-0.15, -0.1) is 0 Å². The normalized spacial score (nSPS) is 12.4. The molecule has 2 heterocycles. The molecule has 1 aromatic carbocycles. The van der Waals surface area contributed by atoms with Gasteiger partial charge in [0.2, 0.25) is 0 Å². The Bertz CT molecular complexity index is 997. The van der Waals surface area contributed by atoms with Crippen LogP contribution in [0.4, 0.5) is 8.78 Å². The second-order valence-corrected chi connectivity index (χ2v) is 7.53. The molecule has 0 saturated heterocycles. The zero-order valence-corrected chi connectivity index (χ0v) is 16.8. The van der Waals surface area contributed by atoms with Crippen molar-refractivity contribution in [2.24, 2.45) is 0 Å².